The number of halogens is 1. The monoisotopic (exact) mass is 427 g/mol. The van der Waals surface area contributed by atoms with Crippen molar-refractivity contribution in [2.45, 2.75) is 20.3 Å². The van der Waals surface area contributed by atoms with Crippen molar-refractivity contribution in [3.8, 4) is 5.75 Å². The van der Waals surface area contributed by atoms with Crippen molar-refractivity contribution in [3.63, 3.8) is 0 Å². The number of nitrogens with zero attached hydrogens (tertiary/aromatic N) is 1. The molecule has 0 bridgehead atoms. The molecule has 0 aliphatic carbocycles. The molecule has 0 aliphatic heterocycles. The summed E-state index contributed by atoms with van der Waals surface area (Å²) < 4.78 is 18.5. The van der Waals surface area contributed by atoms with E-state index in [0.717, 1.165) is 10.6 Å². The number of aryl methyl sites for hydroxylation is 1. The summed E-state index contributed by atoms with van der Waals surface area (Å²) in [6.45, 7) is 4.06. The number of hydrogen-bond donors (Lipinski definition) is 2. The number of thiazole rings is 1. The van der Waals surface area contributed by atoms with E-state index >= 15 is 0 Å². The van der Waals surface area contributed by atoms with Crippen LogP contribution in [0.4, 0.5) is 10.1 Å². The predicted octanol–water partition coefficient (Wildman–Crippen LogP) is 3.95. The Morgan fingerprint density at radius 3 is 2.67 bits per heavy atom. The lowest BCUT2D eigenvalue weighted by Crippen LogP contribution is -2.28. The smallest absolute Gasteiger partial charge is 0.267 e. The summed E-state index contributed by atoms with van der Waals surface area (Å²) >= 11 is 1.31. The van der Waals surface area contributed by atoms with Gasteiger partial charge in [-0.3, -0.25) is 9.59 Å². The van der Waals surface area contributed by atoms with Crippen molar-refractivity contribution in [1.29, 1.82) is 0 Å². The molecule has 1 heterocycles. The van der Waals surface area contributed by atoms with Crippen molar-refractivity contribution in [1.82, 2.24) is 10.3 Å². The molecule has 1 aromatic heterocycles. The van der Waals surface area contributed by atoms with Gasteiger partial charge in [-0.15, -0.1) is 11.3 Å². The van der Waals surface area contributed by atoms with E-state index in [-0.39, 0.29) is 24.2 Å². The Bertz CT molecular complexity index is 1030. The van der Waals surface area contributed by atoms with Crippen LogP contribution in [0.25, 0.3) is 0 Å². The summed E-state index contributed by atoms with van der Waals surface area (Å²) in [5.41, 5.74) is 2.12. The molecule has 0 atom stereocenters. The molecule has 0 saturated heterocycles. The van der Waals surface area contributed by atoms with Gasteiger partial charge in [-0.25, -0.2) is 9.37 Å². The van der Waals surface area contributed by atoms with Crippen LogP contribution < -0.4 is 15.4 Å². The number of aromatic nitrogens is 1. The lowest BCUT2D eigenvalue weighted by molar-refractivity contribution is -0.122. The van der Waals surface area contributed by atoms with Crippen molar-refractivity contribution >= 4 is 28.8 Å². The van der Waals surface area contributed by atoms with Gasteiger partial charge < -0.3 is 15.4 Å². The zero-order chi connectivity index (χ0) is 21.5. The maximum Gasteiger partial charge on any atom is 0.267 e. The fourth-order valence-corrected chi connectivity index (χ4v) is 3.76. The number of benzene rings is 2. The number of hydrogen-bond acceptors (Lipinski definition) is 5. The van der Waals surface area contributed by atoms with Crippen LogP contribution in [-0.4, -0.2) is 29.9 Å². The molecule has 156 valence electrons. The number of carbonyl (C=O) groups excluding carboxylic acids is 2. The van der Waals surface area contributed by atoms with Crippen LogP contribution in [-0.2, 0) is 11.2 Å². The second-order valence-electron chi connectivity index (χ2n) is 6.55. The van der Waals surface area contributed by atoms with Crippen LogP contribution in [0.2, 0.25) is 0 Å². The fraction of sp³-hybridized carbons (Fsp3) is 0.227. The van der Waals surface area contributed by atoms with E-state index < -0.39 is 0 Å². The van der Waals surface area contributed by atoms with Crippen molar-refractivity contribution < 1.29 is 18.7 Å². The van der Waals surface area contributed by atoms with Crippen molar-refractivity contribution in [3.05, 3.63) is 75.5 Å². The fourth-order valence-electron chi connectivity index (χ4n) is 2.76. The van der Waals surface area contributed by atoms with E-state index in [1.807, 2.05) is 6.92 Å². The first kappa shape index (κ1) is 21.4. The van der Waals surface area contributed by atoms with E-state index in [4.69, 9.17) is 4.74 Å². The quantitative estimate of drug-likeness (QED) is 0.571. The van der Waals surface area contributed by atoms with Crippen LogP contribution in [0, 0.1) is 12.7 Å². The molecule has 8 heteroatoms. The van der Waals surface area contributed by atoms with E-state index in [1.165, 1.54) is 23.5 Å². The molecular weight excluding hydrogens is 405 g/mol. The van der Waals surface area contributed by atoms with Gasteiger partial charge in [0.2, 0.25) is 0 Å². The Morgan fingerprint density at radius 1 is 1.17 bits per heavy atom. The lowest BCUT2D eigenvalue weighted by Gasteiger charge is -2.09. The molecule has 0 unspecified atom stereocenters. The van der Waals surface area contributed by atoms with Crippen molar-refractivity contribution in [2.75, 3.05) is 18.5 Å². The number of carbonyl (C=O) groups is 2. The van der Waals surface area contributed by atoms with Gasteiger partial charge in [0.15, 0.2) is 6.61 Å². The summed E-state index contributed by atoms with van der Waals surface area (Å²) in [5.74, 6) is -0.277. The first-order valence-electron chi connectivity index (χ1n) is 9.46. The highest BCUT2D eigenvalue weighted by Gasteiger charge is 2.16. The number of likely N-dealkylation sites (N-methyl/N-ethyl adjacent to an activating group) is 1. The molecule has 0 fully saturated rings. The van der Waals surface area contributed by atoms with Gasteiger partial charge in [-0.2, -0.15) is 0 Å². The second kappa shape index (κ2) is 9.98. The highest BCUT2D eigenvalue weighted by molar-refractivity contribution is 7.14. The topological polar surface area (TPSA) is 80.3 Å². The summed E-state index contributed by atoms with van der Waals surface area (Å²) in [7, 11) is 0. The maximum atomic E-state index is 13.1. The average Bonchev–Trinajstić information content (AvgIpc) is 3.09. The molecule has 6 nitrogen and oxygen atoms in total. The zero-order valence-electron chi connectivity index (χ0n) is 16.7. The average molecular weight is 428 g/mol. The normalized spacial score (nSPS) is 10.5. The SMILES string of the molecule is CCNC(=O)COc1cccc(NC(=O)c2sc(Cc3ccc(F)cc3)nc2C)c1. The molecule has 30 heavy (non-hydrogen) atoms. The largest absolute Gasteiger partial charge is 0.484 e. The molecule has 0 saturated carbocycles. The first-order valence-corrected chi connectivity index (χ1v) is 10.3. The van der Waals surface area contributed by atoms with Gasteiger partial charge in [0.25, 0.3) is 11.8 Å². The molecular formula is C22H22FN3O3S. The van der Waals surface area contributed by atoms with Crippen LogP contribution in [0.5, 0.6) is 5.75 Å². The Kier molecular flexibility index (Phi) is 7.13. The Morgan fingerprint density at radius 2 is 1.93 bits per heavy atom. The van der Waals surface area contributed by atoms with Crippen LogP contribution in [0.15, 0.2) is 48.5 Å². The van der Waals surface area contributed by atoms with E-state index in [9.17, 15) is 14.0 Å². The standard InChI is InChI=1S/C22H22FN3O3S/c1-3-24-19(27)13-29-18-6-4-5-17(12-18)26-22(28)21-14(2)25-20(30-21)11-15-7-9-16(23)10-8-15/h4-10,12H,3,11,13H2,1-2H3,(H,24,27)(H,26,28). The number of anilines is 1. The molecule has 2 aromatic carbocycles. The number of amides is 2. The Hall–Kier alpha value is -3.26. The maximum absolute atomic E-state index is 13.1. The third-order valence-electron chi connectivity index (χ3n) is 4.15. The minimum Gasteiger partial charge on any atom is -0.484 e. The lowest BCUT2D eigenvalue weighted by atomic mass is 10.1. The molecule has 2 amide bonds. The number of ether oxygens (including phenoxy) is 1. The van der Waals surface area contributed by atoms with Crippen molar-refractivity contribution in [2.24, 2.45) is 0 Å². The van der Waals surface area contributed by atoms with Crippen LogP contribution in [0.3, 0.4) is 0 Å². The number of nitrogens with one attached hydrogen (secondary N) is 2. The van der Waals surface area contributed by atoms with Gasteiger partial charge in [0.05, 0.1) is 10.7 Å². The van der Waals surface area contributed by atoms with Gasteiger partial charge in [-0.1, -0.05) is 18.2 Å². The van der Waals surface area contributed by atoms with Gasteiger partial charge in [0, 0.05) is 24.7 Å². The highest BCUT2D eigenvalue weighted by atomic mass is 32.1. The van der Waals surface area contributed by atoms with E-state index in [2.05, 4.69) is 15.6 Å². The molecule has 3 aromatic rings. The molecule has 0 spiro atoms. The molecule has 2 N–H and O–H groups in total. The summed E-state index contributed by atoms with van der Waals surface area (Å²) in [4.78, 5) is 29.2. The molecule has 0 radical (unpaired) electrons. The summed E-state index contributed by atoms with van der Waals surface area (Å²) in [6.07, 6.45) is 0.530. The van der Waals surface area contributed by atoms with E-state index in [0.29, 0.717) is 35.0 Å². The highest BCUT2D eigenvalue weighted by Crippen LogP contribution is 2.23. The minimum atomic E-state index is -0.286. The molecule has 0 aliphatic rings. The summed E-state index contributed by atoms with van der Waals surface area (Å²) in [6, 6.07) is 13.1. The third kappa shape index (κ3) is 5.87. The van der Waals surface area contributed by atoms with E-state index in [1.54, 1.807) is 43.3 Å². The summed E-state index contributed by atoms with van der Waals surface area (Å²) in [5, 5.41) is 6.27. The zero-order valence-corrected chi connectivity index (χ0v) is 17.5. The minimum absolute atomic E-state index is 0.0913. The van der Waals surface area contributed by atoms with Gasteiger partial charge in [0.1, 0.15) is 16.4 Å². The Balaban J connectivity index is 1.64. The second-order valence-corrected chi connectivity index (χ2v) is 7.63. The van der Waals surface area contributed by atoms with Crippen LogP contribution in [0.1, 0.15) is 32.9 Å². The first-order chi connectivity index (χ1) is 14.4. The van der Waals surface area contributed by atoms with Crippen LogP contribution >= 0.6 is 11.3 Å². The third-order valence-corrected chi connectivity index (χ3v) is 5.31. The molecule has 3 rings (SSSR count). The van der Waals surface area contributed by atoms with Gasteiger partial charge >= 0.3 is 0 Å². The predicted molar refractivity (Wildman–Crippen MR) is 115 cm³/mol. The number of rotatable bonds is 8. The van der Waals surface area contributed by atoms with Gasteiger partial charge in [-0.05, 0) is 43.7 Å². The Labute approximate surface area is 178 Å².